The minimum absolute atomic E-state index is 0.0955. The average Bonchev–Trinajstić information content (AvgIpc) is 2.72. The van der Waals surface area contributed by atoms with Crippen molar-refractivity contribution in [2.45, 2.75) is 6.42 Å². The van der Waals surface area contributed by atoms with E-state index in [1.165, 1.54) is 0 Å². The van der Waals surface area contributed by atoms with Crippen molar-refractivity contribution in [1.82, 2.24) is 9.78 Å². The van der Waals surface area contributed by atoms with E-state index in [4.69, 9.17) is 9.84 Å². The van der Waals surface area contributed by atoms with Crippen molar-refractivity contribution in [3.63, 3.8) is 0 Å². The molecule has 0 saturated carbocycles. The highest BCUT2D eigenvalue weighted by molar-refractivity contribution is 9.10. The zero-order valence-electron chi connectivity index (χ0n) is 9.43. The van der Waals surface area contributed by atoms with Gasteiger partial charge in [-0.2, -0.15) is 5.10 Å². The van der Waals surface area contributed by atoms with E-state index in [1.54, 1.807) is 11.8 Å². The standard InChI is InChI=1S/C12H13BrN2O2/c1-17-10-4-2-9(3-5-10)15-8-11(13)12(14-15)6-7-16/h2-5,8,16H,6-7H2,1H3. The highest BCUT2D eigenvalue weighted by Crippen LogP contribution is 2.20. The third kappa shape index (κ3) is 2.68. The predicted octanol–water partition coefficient (Wildman–Crippen LogP) is 2.18. The molecule has 90 valence electrons. The number of aromatic nitrogens is 2. The third-order valence-electron chi connectivity index (χ3n) is 2.43. The summed E-state index contributed by atoms with van der Waals surface area (Å²) in [5, 5.41) is 13.3. The molecular weight excluding hydrogens is 284 g/mol. The highest BCUT2D eigenvalue weighted by atomic mass is 79.9. The van der Waals surface area contributed by atoms with Gasteiger partial charge in [0.05, 0.1) is 23.0 Å². The largest absolute Gasteiger partial charge is 0.497 e. The molecule has 0 aliphatic rings. The van der Waals surface area contributed by atoms with Crippen LogP contribution in [0.3, 0.4) is 0 Å². The summed E-state index contributed by atoms with van der Waals surface area (Å²) in [7, 11) is 1.64. The molecule has 0 bridgehead atoms. The Kier molecular flexibility index (Phi) is 3.81. The SMILES string of the molecule is COc1ccc(-n2cc(Br)c(CCO)n2)cc1. The Morgan fingerprint density at radius 1 is 1.35 bits per heavy atom. The Balaban J connectivity index is 2.29. The molecular formula is C12H13BrN2O2. The van der Waals surface area contributed by atoms with Crippen LogP contribution in [0.2, 0.25) is 0 Å². The van der Waals surface area contributed by atoms with E-state index in [0.29, 0.717) is 6.42 Å². The molecule has 1 N–H and O–H groups in total. The average molecular weight is 297 g/mol. The molecule has 0 aliphatic carbocycles. The monoisotopic (exact) mass is 296 g/mol. The van der Waals surface area contributed by atoms with Gasteiger partial charge in [-0.3, -0.25) is 0 Å². The summed E-state index contributed by atoms with van der Waals surface area (Å²) in [4.78, 5) is 0. The van der Waals surface area contributed by atoms with Crippen LogP contribution in [0, 0.1) is 0 Å². The number of aliphatic hydroxyl groups is 1. The summed E-state index contributed by atoms with van der Waals surface area (Å²) in [6.45, 7) is 0.0955. The number of hydrogen-bond acceptors (Lipinski definition) is 3. The van der Waals surface area contributed by atoms with Crippen LogP contribution in [-0.2, 0) is 6.42 Å². The molecule has 4 nitrogen and oxygen atoms in total. The molecule has 1 aromatic heterocycles. The van der Waals surface area contributed by atoms with Crippen LogP contribution in [-0.4, -0.2) is 28.6 Å². The molecule has 0 amide bonds. The maximum absolute atomic E-state index is 8.91. The van der Waals surface area contributed by atoms with Crippen LogP contribution in [0.25, 0.3) is 5.69 Å². The van der Waals surface area contributed by atoms with Gasteiger partial charge < -0.3 is 9.84 Å². The maximum Gasteiger partial charge on any atom is 0.119 e. The summed E-state index contributed by atoms with van der Waals surface area (Å²) in [5.74, 6) is 0.815. The lowest BCUT2D eigenvalue weighted by Crippen LogP contribution is -1.97. The first kappa shape index (κ1) is 12.1. The molecule has 0 radical (unpaired) electrons. The van der Waals surface area contributed by atoms with E-state index in [9.17, 15) is 0 Å². The number of benzene rings is 1. The van der Waals surface area contributed by atoms with Crippen LogP contribution >= 0.6 is 15.9 Å². The van der Waals surface area contributed by atoms with Crippen molar-refractivity contribution in [3.05, 3.63) is 40.6 Å². The number of halogens is 1. The Bertz CT molecular complexity index is 494. The van der Waals surface area contributed by atoms with E-state index in [0.717, 1.165) is 21.6 Å². The Morgan fingerprint density at radius 3 is 2.65 bits per heavy atom. The quantitative estimate of drug-likeness (QED) is 0.941. The number of hydrogen-bond donors (Lipinski definition) is 1. The van der Waals surface area contributed by atoms with Gasteiger partial charge in [0.15, 0.2) is 0 Å². The summed E-state index contributed by atoms with van der Waals surface area (Å²) in [6.07, 6.45) is 2.43. The Hall–Kier alpha value is -1.33. The molecule has 0 spiro atoms. The summed E-state index contributed by atoms with van der Waals surface area (Å²) >= 11 is 3.42. The summed E-state index contributed by atoms with van der Waals surface area (Å²) < 4.78 is 7.78. The minimum atomic E-state index is 0.0955. The molecule has 0 fully saturated rings. The van der Waals surface area contributed by atoms with E-state index in [2.05, 4.69) is 21.0 Å². The summed E-state index contributed by atoms with van der Waals surface area (Å²) in [5.41, 5.74) is 1.80. The fourth-order valence-corrected chi connectivity index (χ4v) is 2.00. The second-order valence-corrected chi connectivity index (χ2v) is 4.39. The first-order valence-electron chi connectivity index (χ1n) is 5.24. The first-order valence-corrected chi connectivity index (χ1v) is 6.03. The molecule has 2 rings (SSSR count). The van der Waals surface area contributed by atoms with Gasteiger partial charge in [0.2, 0.25) is 0 Å². The number of nitrogens with zero attached hydrogens (tertiary/aromatic N) is 2. The van der Waals surface area contributed by atoms with Crippen LogP contribution < -0.4 is 4.74 Å². The van der Waals surface area contributed by atoms with Crippen molar-refractivity contribution in [2.24, 2.45) is 0 Å². The molecule has 5 heteroatoms. The molecule has 17 heavy (non-hydrogen) atoms. The molecule has 2 aromatic rings. The van der Waals surface area contributed by atoms with Crippen molar-refractivity contribution >= 4 is 15.9 Å². The van der Waals surface area contributed by atoms with Crippen molar-refractivity contribution in [2.75, 3.05) is 13.7 Å². The molecule has 0 atom stereocenters. The lowest BCUT2D eigenvalue weighted by molar-refractivity contribution is 0.298. The first-order chi connectivity index (χ1) is 8.24. The fraction of sp³-hybridized carbons (Fsp3) is 0.250. The van der Waals surface area contributed by atoms with E-state index < -0.39 is 0 Å². The van der Waals surface area contributed by atoms with Gasteiger partial charge in [0, 0.05) is 19.2 Å². The van der Waals surface area contributed by atoms with Gasteiger partial charge in [-0.15, -0.1) is 0 Å². The van der Waals surface area contributed by atoms with Gasteiger partial charge in [-0.25, -0.2) is 4.68 Å². The molecule has 0 saturated heterocycles. The highest BCUT2D eigenvalue weighted by Gasteiger charge is 2.07. The molecule has 1 aromatic carbocycles. The number of ether oxygens (including phenoxy) is 1. The topological polar surface area (TPSA) is 47.3 Å². The number of rotatable bonds is 4. The number of methoxy groups -OCH3 is 1. The van der Waals surface area contributed by atoms with Crippen molar-refractivity contribution in [3.8, 4) is 11.4 Å². The lowest BCUT2D eigenvalue weighted by atomic mass is 10.3. The fourth-order valence-electron chi connectivity index (χ4n) is 1.53. The predicted molar refractivity (Wildman–Crippen MR) is 68.6 cm³/mol. The molecule has 0 aliphatic heterocycles. The van der Waals surface area contributed by atoms with Gasteiger partial charge >= 0.3 is 0 Å². The lowest BCUT2D eigenvalue weighted by Gasteiger charge is -2.03. The number of aliphatic hydroxyl groups excluding tert-OH is 1. The van der Waals surface area contributed by atoms with Crippen molar-refractivity contribution in [1.29, 1.82) is 0 Å². The zero-order valence-corrected chi connectivity index (χ0v) is 11.0. The van der Waals surface area contributed by atoms with Gasteiger partial charge in [-0.1, -0.05) is 0 Å². The van der Waals surface area contributed by atoms with Gasteiger partial charge in [0.25, 0.3) is 0 Å². The summed E-state index contributed by atoms with van der Waals surface area (Å²) in [6, 6.07) is 7.63. The van der Waals surface area contributed by atoms with Crippen molar-refractivity contribution < 1.29 is 9.84 Å². The third-order valence-corrected chi connectivity index (χ3v) is 3.09. The maximum atomic E-state index is 8.91. The second kappa shape index (κ2) is 5.33. The van der Waals surface area contributed by atoms with Crippen LogP contribution in [0.4, 0.5) is 0 Å². The van der Waals surface area contributed by atoms with E-state index >= 15 is 0 Å². The second-order valence-electron chi connectivity index (χ2n) is 3.54. The van der Waals surface area contributed by atoms with Gasteiger partial charge in [-0.05, 0) is 40.2 Å². The Labute approximate surface area is 108 Å². The van der Waals surface area contributed by atoms with Crippen LogP contribution in [0.5, 0.6) is 5.75 Å². The van der Waals surface area contributed by atoms with Crippen LogP contribution in [0.1, 0.15) is 5.69 Å². The zero-order chi connectivity index (χ0) is 12.3. The smallest absolute Gasteiger partial charge is 0.119 e. The van der Waals surface area contributed by atoms with Crippen LogP contribution in [0.15, 0.2) is 34.9 Å². The van der Waals surface area contributed by atoms with Gasteiger partial charge in [0.1, 0.15) is 5.75 Å². The molecule has 0 unspecified atom stereocenters. The van der Waals surface area contributed by atoms with E-state index in [-0.39, 0.29) is 6.61 Å². The normalized spacial score (nSPS) is 10.5. The Morgan fingerprint density at radius 2 is 2.06 bits per heavy atom. The van der Waals surface area contributed by atoms with E-state index in [1.807, 2.05) is 30.5 Å². The minimum Gasteiger partial charge on any atom is -0.497 e. The molecule has 1 heterocycles.